The number of hydrogen-bond donors (Lipinski definition) is 7. The third-order valence-corrected chi connectivity index (χ3v) is 5.63. The molecule has 0 radical (unpaired) electrons. The van der Waals surface area contributed by atoms with Gasteiger partial charge in [-0.25, -0.2) is 0 Å². The molecular weight excluding hydrogens is 448 g/mol. The van der Waals surface area contributed by atoms with Crippen LogP contribution in [-0.4, -0.2) is 58.2 Å². The Balaban J connectivity index is 1.98. The molecule has 178 valence electrons. The Morgan fingerprint density at radius 2 is 1.52 bits per heavy atom. The van der Waals surface area contributed by atoms with Gasteiger partial charge in [-0.05, 0) is 50.4 Å². The lowest BCUT2D eigenvalue weighted by atomic mass is 10.1. The highest BCUT2D eigenvalue weighted by atomic mass is 32.2. The van der Waals surface area contributed by atoms with Gasteiger partial charge in [0.05, 0.1) is 0 Å². The SMILES string of the molecule is Cc1c(S(=O)(=O)O)cc2cc(Nc3nc(NCC(C)N)nc(NCC(C)N)n3)ccc2c1O. The van der Waals surface area contributed by atoms with E-state index in [1.807, 2.05) is 13.8 Å². The molecule has 1 aromatic heterocycles. The van der Waals surface area contributed by atoms with Gasteiger partial charge in [0.25, 0.3) is 10.1 Å². The maximum absolute atomic E-state index is 11.7. The summed E-state index contributed by atoms with van der Waals surface area (Å²) in [4.78, 5) is 12.6. The monoisotopic (exact) mass is 476 g/mol. The number of anilines is 4. The quantitative estimate of drug-likeness (QED) is 0.220. The number of aromatic hydroxyl groups is 1. The van der Waals surface area contributed by atoms with Crippen molar-refractivity contribution in [3.63, 3.8) is 0 Å². The molecule has 3 rings (SSSR count). The fourth-order valence-electron chi connectivity index (χ4n) is 3.04. The van der Waals surface area contributed by atoms with Crippen LogP contribution >= 0.6 is 0 Å². The maximum Gasteiger partial charge on any atom is 0.294 e. The van der Waals surface area contributed by atoms with E-state index in [4.69, 9.17) is 11.5 Å². The minimum atomic E-state index is -4.51. The van der Waals surface area contributed by atoms with Crippen LogP contribution in [0.1, 0.15) is 19.4 Å². The zero-order valence-corrected chi connectivity index (χ0v) is 19.3. The van der Waals surface area contributed by atoms with Crippen LogP contribution in [0.25, 0.3) is 10.8 Å². The molecule has 0 saturated carbocycles. The number of benzene rings is 2. The average Bonchev–Trinajstić information content (AvgIpc) is 2.72. The molecule has 2 atom stereocenters. The molecule has 0 saturated heterocycles. The first-order valence-corrected chi connectivity index (χ1v) is 11.6. The second-order valence-electron chi connectivity index (χ2n) is 7.91. The van der Waals surface area contributed by atoms with Crippen LogP contribution in [0.3, 0.4) is 0 Å². The van der Waals surface area contributed by atoms with Crippen molar-refractivity contribution in [1.29, 1.82) is 0 Å². The van der Waals surface area contributed by atoms with E-state index in [2.05, 4.69) is 30.9 Å². The average molecular weight is 477 g/mol. The molecule has 0 spiro atoms. The molecule has 0 amide bonds. The van der Waals surface area contributed by atoms with Crippen LogP contribution in [0.15, 0.2) is 29.2 Å². The Bertz CT molecular complexity index is 1230. The van der Waals surface area contributed by atoms with Crippen molar-refractivity contribution in [1.82, 2.24) is 15.0 Å². The van der Waals surface area contributed by atoms with Crippen molar-refractivity contribution >= 4 is 44.4 Å². The lowest BCUT2D eigenvalue weighted by molar-refractivity contribution is 0.466. The molecule has 13 heteroatoms. The summed E-state index contributed by atoms with van der Waals surface area (Å²) in [6.45, 7) is 6.00. The summed E-state index contributed by atoms with van der Waals surface area (Å²) in [5.41, 5.74) is 12.2. The van der Waals surface area contributed by atoms with Crippen molar-refractivity contribution in [2.24, 2.45) is 11.5 Å². The standard InChI is InChI=1S/C20H28N8O4S/c1-10(21)8-23-18-26-19(24-9-11(2)22)28-20(27-18)25-14-4-5-15-13(6-14)7-16(33(30,31)32)12(3)17(15)29/h4-7,10-11,29H,8-9,21-22H2,1-3H3,(H,30,31,32)(H3,23,24,25,26,27,28). The molecule has 0 aliphatic heterocycles. The predicted octanol–water partition coefficient (Wildman–Crippen LogP) is 1.55. The highest BCUT2D eigenvalue weighted by molar-refractivity contribution is 7.85. The third kappa shape index (κ3) is 6.16. The Labute approximate surface area is 191 Å². The van der Waals surface area contributed by atoms with E-state index in [0.29, 0.717) is 41.4 Å². The fraction of sp³-hybridized carbons (Fsp3) is 0.350. The number of nitrogens with two attached hydrogens (primary N) is 2. The van der Waals surface area contributed by atoms with Gasteiger partial charge in [-0.1, -0.05) is 0 Å². The minimum Gasteiger partial charge on any atom is -0.507 e. The van der Waals surface area contributed by atoms with Gasteiger partial charge >= 0.3 is 0 Å². The fourth-order valence-corrected chi connectivity index (χ4v) is 3.79. The van der Waals surface area contributed by atoms with Gasteiger partial charge in [-0.2, -0.15) is 23.4 Å². The molecular formula is C20H28N8O4S. The normalized spacial score (nSPS) is 13.5. The lowest BCUT2D eigenvalue weighted by Gasteiger charge is -2.14. The van der Waals surface area contributed by atoms with Crippen LogP contribution in [0, 0.1) is 6.92 Å². The number of nitrogens with one attached hydrogen (secondary N) is 3. The van der Waals surface area contributed by atoms with Gasteiger partial charge in [0.1, 0.15) is 10.6 Å². The summed E-state index contributed by atoms with van der Waals surface area (Å²) in [7, 11) is -4.51. The number of phenols is 1. The van der Waals surface area contributed by atoms with E-state index in [-0.39, 0.29) is 34.2 Å². The van der Waals surface area contributed by atoms with Gasteiger partial charge in [0.15, 0.2) is 0 Å². The number of hydrogen-bond acceptors (Lipinski definition) is 11. The van der Waals surface area contributed by atoms with Crippen LogP contribution in [0.2, 0.25) is 0 Å². The number of fused-ring (bicyclic) bond motifs is 1. The predicted molar refractivity (Wildman–Crippen MR) is 128 cm³/mol. The summed E-state index contributed by atoms with van der Waals surface area (Å²) < 4.78 is 32.9. The number of nitrogens with zero attached hydrogens (tertiary/aromatic N) is 3. The van der Waals surface area contributed by atoms with Gasteiger partial charge < -0.3 is 32.5 Å². The second kappa shape index (κ2) is 9.70. The molecule has 0 aliphatic rings. The Morgan fingerprint density at radius 3 is 2.03 bits per heavy atom. The molecule has 0 fully saturated rings. The third-order valence-electron chi connectivity index (χ3n) is 4.65. The zero-order chi connectivity index (χ0) is 24.3. The van der Waals surface area contributed by atoms with Crippen molar-refractivity contribution in [3.8, 4) is 5.75 Å². The van der Waals surface area contributed by atoms with E-state index in [9.17, 15) is 18.1 Å². The molecule has 0 aliphatic carbocycles. The highest BCUT2D eigenvalue weighted by Gasteiger charge is 2.19. The minimum absolute atomic E-state index is 0.0675. The lowest BCUT2D eigenvalue weighted by Crippen LogP contribution is -2.27. The topological polar surface area (TPSA) is 201 Å². The largest absolute Gasteiger partial charge is 0.507 e. The molecule has 1 heterocycles. The van der Waals surface area contributed by atoms with Crippen LogP contribution in [0.4, 0.5) is 23.5 Å². The molecule has 3 aromatic rings. The summed E-state index contributed by atoms with van der Waals surface area (Å²) in [5, 5.41) is 20.4. The zero-order valence-electron chi connectivity index (χ0n) is 18.5. The molecule has 2 aromatic carbocycles. The van der Waals surface area contributed by atoms with Crippen molar-refractivity contribution in [2.45, 2.75) is 37.8 Å². The summed E-state index contributed by atoms with van der Waals surface area (Å²) in [6, 6.07) is 5.97. The van der Waals surface area contributed by atoms with Gasteiger partial charge in [0.2, 0.25) is 17.8 Å². The first-order valence-electron chi connectivity index (χ1n) is 10.2. The molecule has 2 unspecified atom stereocenters. The molecule has 33 heavy (non-hydrogen) atoms. The van der Waals surface area contributed by atoms with Gasteiger partial charge in [-0.15, -0.1) is 0 Å². The van der Waals surface area contributed by atoms with E-state index >= 15 is 0 Å². The van der Waals surface area contributed by atoms with E-state index in [0.717, 1.165) is 0 Å². The molecule has 0 bridgehead atoms. The first-order chi connectivity index (χ1) is 15.4. The Hall–Kier alpha value is -3.26. The van der Waals surface area contributed by atoms with Gasteiger partial charge in [0, 0.05) is 41.8 Å². The van der Waals surface area contributed by atoms with Crippen molar-refractivity contribution in [2.75, 3.05) is 29.0 Å². The smallest absolute Gasteiger partial charge is 0.294 e. The summed E-state index contributed by atoms with van der Waals surface area (Å²) >= 11 is 0. The van der Waals surface area contributed by atoms with Crippen molar-refractivity contribution < 1.29 is 18.1 Å². The van der Waals surface area contributed by atoms with E-state index < -0.39 is 10.1 Å². The molecule has 12 nitrogen and oxygen atoms in total. The Morgan fingerprint density at radius 1 is 0.970 bits per heavy atom. The van der Waals surface area contributed by atoms with Crippen LogP contribution < -0.4 is 27.4 Å². The number of rotatable bonds is 9. The number of phenolic OH excluding ortho intramolecular Hbond substituents is 1. The van der Waals surface area contributed by atoms with E-state index in [1.165, 1.54) is 13.0 Å². The molecule has 9 N–H and O–H groups in total. The summed E-state index contributed by atoms with van der Waals surface area (Å²) in [5.74, 6) is 0.603. The Kier molecular flexibility index (Phi) is 7.17. The van der Waals surface area contributed by atoms with Crippen molar-refractivity contribution in [3.05, 3.63) is 29.8 Å². The van der Waals surface area contributed by atoms with Crippen LogP contribution in [0.5, 0.6) is 5.75 Å². The first kappa shape index (κ1) is 24.4. The summed E-state index contributed by atoms with van der Waals surface area (Å²) in [6.07, 6.45) is 0. The second-order valence-corrected chi connectivity index (χ2v) is 9.30. The van der Waals surface area contributed by atoms with E-state index in [1.54, 1.807) is 18.2 Å². The highest BCUT2D eigenvalue weighted by Crippen LogP contribution is 2.35. The van der Waals surface area contributed by atoms with Gasteiger partial charge in [-0.3, -0.25) is 4.55 Å². The maximum atomic E-state index is 11.7. The number of aromatic nitrogens is 3. The van der Waals surface area contributed by atoms with Crippen LogP contribution in [-0.2, 0) is 10.1 Å².